The molecule has 5 heteroatoms. The van der Waals surface area contributed by atoms with Crippen molar-refractivity contribution in [3.8, 4) is 0 Å². The molecule has 1 aliphatic heterocycles. The molecule has 0 aromatic heterocycles. The van der Waals surface area contributed by atoms with Gasteiger partial charge < -0.3 is 24.8 Å². The number of hydrogen-bond acceptors (Lipinski definition) is 5. The van der Waals surface area contributed by atoms with Crippen LogP contribution in [0.15, 0.2) is 0 Å². The van der Waals surface area contributed by atoms with Crippen LogP contribution in [0.2, 0.25) is 0 Å². The minimum atomic E-state index is -1.07. The average Bonchev–Trinajstić information content (AvgIpc) is 2.41. The predicted octanol–water partition coefficient (Wildman–Crippen LogP) is -1.15. The van der Waals surface area contributed by atoms with Crippen molar-refractivity contribution in [2.75, 3.05) is 13.2 Å². The molecule has 3 N–H and O–H groups in total. The molecule has 0 amide bonds. The normalized spacial score (nSPS) is 39.7. The molecule has 0 spiro atoms. The van der Waals surface area contributed by atoms with Crippen LogP contribution >= 0.6 is 0 Å². The van der Waals surface area contributed by atoms with Gasteiger partial charge in [-0.25, -0.2) is 0 Å². The minimum Gasteiger partial charge on any atom is -0.394 e. The van der Waals surface area contributed by atoms with E-state index in [1.54, 1.807) is 0 Å². The van der Waals surface area contributed by atoms with E-state index in [1.807, 2.05) is 6.92 Å². The van der Waals surface area contributed by atoms with Crippen molar-refractivity contribution < 1.29 is 24.8 Å². The highest BCUT2D eigenvalue weighted by atomic mass is 16.7. The second kappa shape index (κ2) is 4.88. The summed E-state index contributed by atoms with van der Waals surface area (Å²) in [7, 11) is 0. The van der Waals surface area contributed by atoms with Crippen molar-refractivity contribution in [1.29, 1.82) is 0 Å². The number of rotatable bonds is 4. The fraction of sp³-hybridized carbons (Fsp3) is 1.00. The van der Waals surface area contributed by atoms with Crippen molar-refractivity contribution in [3.05, 3.63) is 0 Å². The van der Waals surface area contributed by atoms with Gasteiger partial charge in [0.15, 0.2) is 6.29 Å². The SMILES string of the molecule is CCCO[C@@H]1O[C@@H](CO)[C@H](O)[C@H]1O. The molecular formula is C8H16O5. The first-order chi connectivity index (χ1) is 6.20. The molecule has 0 aromatic rings. The summed E-state index contributed by atoms with van der Waals surface area (Å²) >= 11 is 0. The number of aliphatic hydroxyl groups is 3. The second-order valence-electron chi connectivity index (χ2n) is 3.08. The molecule has 4 atom stereocenters. The number of ether oxygens (including phenoxy) is 2. The van der Waals surface area contributed by atoms with Gasteiger partial charge in [0, 0.05) is 6.61 Å². The molecule has 5 nitrogen and oxygen atoms in total. The van der Waals surface area contributed by atoms with Crippen molar-refractivity contribution >= 4 is 0 Å². The van der Waals surface area contributed by atoms with E-state index in [-0.39, 0.29) is 6.61 Å². The fourth-order valence-corrected chi connectivity index (χ4v) is 1.24. The summed E-state index contributed by atoms with van der Waals surface area (Å²) in [5.41, 5.74) is 0. The van der Waals surface area contributed by atoms with Gasteiger partial charge in [0.05, 0.1) is 6.61 Å². The van der Waals surface area contributed by atoms with E-state index in [0.717, 1.165) is 6.42 Å². The molecule has 0 radical (unpaired) electrons. The maximum absolute atomic E-state index is 9.37. The van der Waals surface area contributed by atoms with Crippen molar-refractivity contribution in [2.45, 2.75) is 37.9 Å². The predicted molar refractivity (Wildman–Crippen MR) is 44.0 cm³/mol. The standard InChI is InChI=1S/C8H16O5/c1-2-3-12-8-7(11)6(10)5(4-9)13-8/h5-11H,2-4H2,1H3/t5-,6-,7+,8+/m0/s1. The Morgan fingerprint density at radius 3 is 2.46 bits per heavy atom. The third kappa shape index (κ3) is 2.38. The first-order valence-corrected chi connectivity index (χ1v) is 4.44. The maximum atomic E-state index is 9.37. The summed E-state index contributed by atoms with van der Waals surface area (Å²) in [5, 5.41) is 27.4. The van der Waals surface area contributed by atoms with E-state index in [9.17, 15) is 10.2 Å². The monoisotopic (exact) mass is 192 g/mol. The lowest BCUT2D eigenvalue weighted by Crippen LogP contribution is -2.34. The van der Waals surface area contributed by atoms with Crippen LogP contribution in [0.25, 0.3) is 0 Å². The van der Waals surface area contributed by atoms with E-state index in [2.05, 4.69) is 0 Å². The smallest absolute Gasteiger partial charge is 0.186 e. The van der Waals surface area contributed by atoms with Gasteiger partial charge in [-0.05, 0) is 6.42 Å². The van der Waals surface area contributed by atoms with E-state index < -0.39 is 24.6 Å². The summed E-state index contributed by atoms with van der Waals surface area (Å²) in [4.78, 5) is 0. The van der Waals surface area contributed by atoms with Crippen LogP contribution in [-0.4, -0.2) is 53.1 Å². The summed E-state index contributed by atoms with van der Waals surface area (Å²) in [5.74, 6) is 0. The summed E-state index contributed by atoms with van der Waals surface area (Å²) < 4.78 is 10.2. The Morgan fingerprint density at radius 2 is 2.00 bits per heavy atom. The highest BCUT2D eigenvalue weighted by Crippen LogP contribution is 2.21. The lowest BCUT2D eigenvalue weighted by atomic mass is 10.1. The Morgan fingerprint density at radius 1 is 1.31 bits per heavy atom. The first kappa shape index (κ1) is 10.9. The van der Waals surface area contributed by atoms with Gasteiger partial charge >= 0.3 is 0 Å². The number of hydrogen-bond donors (Lipinski definition) is 3. The summed E-state index contributed by atoms with van der Waals surface area (Å²) in [6.45, 7) is 2.08. The molecule has 0 aliphatic carbocycles. The topological polar surface area (TPSA) is 79.2 Å². The molecule has 1 rings (SSSR count). The van der Waals surface area contributed by atoms with Gasteiger partial charge in [0.2, 0.25) is 0 Å². The van der Waals surface area contributed by atoms with Crippen LogP contribution in [0.1, 0.15) is 13.3 Å². The molecule has 0 unspecified atom stereocenters. The zero-order valence-corrected chi connectivity index (χ0v) is 7.59. The minimum absolute atomic E-state index is 0.315. The molecule has 0 aromatic carbocycles. The molecule has 0 bridgehead atoms. The first-order valence-electron chi connectivity index (χ1n) is 4.44. The van der Waals surface area contributed by atoms with Gasteiger partial charge in [-0.3, -0.25) is 0 Å². The molecular weight excluding hydrogens is 176 g/mol. The molecule has 1 saturated heterocycles. The van der Waals surface area contributed by atoms with Gasteiger partial charge in [-0.2, -0.15) is 0 Å². The lowest BCUT2D eigenvalue weighted by Gasteiger charge is -2.14. The van der Waals surface area contributed by atoms with Crippen LogP contribution in [0.5, 0.6) is 0 Å². The molecule has 1 fully saturated rings. The molecule has 0 saturated carbocycles. The Bertz CT molecular complexity index is 151. The Kier molecular flexibility index (Phi) is 4.08. The van der Waals surface area contributed by atoms with Crippen LogP contribution < -0.4 is 0 Å². The molecule has 1 aliphatic rings. The van der Waals surface area contributed by atoms with E-state index in [0.29, 0.717) is 6.61 Å². The Labute approximate surface area is 76.9 Å². The maximum Gasteiger partial charge on any atom is 0.186 e. The Hall–Kier alpha value is -0.200. The average molecular weight is 192 g/mol. The van der Waals surface area contributed by atoms with Crippen LogP contribution in [0.4, 0.5) is 0 Å². The van der Waals surface area contributed by atoms with Crippen LogP contribution in [-0.2, 0) is 9.47 Å². The van der Waals surface area contributed by atoms with Crippen molar-refractivity contribution in [2.24, 2.45) is 0 Å². The third-order valence-electron chi connectivity index (χ3n) is 1.98. The summed E-state index contributed by atoms with van der Waals surface area (Å²) in [6.07, 6.45) is -2.87. The Balaban J connectivity index is 2.40. The van der Waals surface area contributed by atoms with Gasteiger partial charge in [0.25, 0.3) is 0 Å². The second-order valence-corrected chi connectivity index (χ2v) is 3.08. The molecule has 13 heavy (non-hydrogen) atoms. The molecule has 78 valence electrons. The van der Waals surface area contributed by atoms with Crippen molar-refractivity contribution in [1.82, 2.24) is 0 Å². The van der Waals surface area contributed by atoms with Crippen LogP contribution in [0.3, 0.4) is 0 Å². The lowest BCUT2D eigenvalue weighted by molar-refractivity contribution is -0.169. The molecule has 1 heterocycles. The van der Waals surface area contributed by atoms with Crippen LogP contribution in [0, 0.1) is 0 Å². The van der Waals surface area contributed by atoms with E-state index in [4.69, 9.17) is 14.6 Å². The summed E-state index contributed by atoms with van der Waals surface area (Å²) in [6, 6.07) is 0. The largest absolute Gasteiger partial charge is 0.394 e. The van der Waals surface area contributed by atoms with E-state index >= 15 is 0 Å². The zero-order valence-electron chi connectivity index (χ0n) is 7.59. The zero-order chi connectivity index (χ0) is 9.84. The van der Waals surface area contributed by atoms with Gasteiger partial charge in [-0.15, -0.1) is 0 Å². The van der Waals surface area contributed by atoms with Gasteiger partial charge in [0.1, 0.15) is 18.3 Å². The fourth-order valence-electron chi connectivity index (χ4n) is 1.24. The highest BCUT2D eigenvalue weighted by Gasteiger charge is 2.42. The van der Waals surface area contributed by atoms with Crippen molar-refractivity contribution in [3.63, 3.8) is 0 Å². The quantitative estimate of drug-likeness (QED) is 0.524. The third-order valence-corrected chi connectivity index (χ3v) is 1.98. The van der Waals surface area contributed by atoms with E-state index in [1.165, 1.54) is 0 Å². The van der Waals surface area contributed by atoms with Gasteiger partial charge in [-0.1, -0.05) is 6.92 Å². The highest BCUT2D eigenvalue weighted by molar-refractivity contribution is 4.85. The number of aliphatic hydroxyl groups excluding tert-OH is 3.